The Labute approximate surface area is 166 Å². The number of fused-ring (bicyclic) bond motifs is 1. The molecule has 0 radical (unpaired) electrons. The molecule has 1 N–H and O–H groups in total. The molecule has 4 rings (SSSR count). The summed E-state index contributed by atoms with van der Waals surface area (Å²) in [5.74, 6) is -0.329. The first-order valence-corrected chi connectivity index (χ1v) is 10.0. The molecule has 0 fully saturated rings. The summed E-state index contributed by atoms with van der Waals surface area (Å²) in [4.78, 5) is 27.5. The van der Waals surface area contributed by atoms with Crippen LogP contribution in [0.1, 0.15) is 39.9 Å². The summed E-state index contributed by atoms with van der Waals surface area (Å²) >= 11 is 1.37. The zero-order valence-corrected chi connectivity index (χ0v) is 16.2. The number of benzene rings is 2. The first kappa shape index (κ1) is 18.3. The van der Waals surface area contributed by atoms with E-state index in [-0.39, 0.29) is 11.6 Å². The van der Waals surface area contributed by atoms with Gasteiger partial charge in [0.1, 0.15) is 0 Å². The number of anilines is 1. The molecule has 1 aliphatic carbocycles. The van der Waals surface area contributed by atoms with Crippen molar-refractivity contribution in [3.8, 4) is 11.3 Å². The third-order valence-electron chi connectivity index (χ3n) is 5.02. The number of carbonyl (C=O) groups excluding carboxylic acids is 1. The SMILES string of the molecule is Cc1cc(C(=O)Nc2nc(-c3ccc4c(c3)CCCC4)cs2)ccc1[N+](=O)[O-]. The Morgan fingerprint density at radius 1 is 1.14 bits per heavy atom. The predicted molar refractivity (Wildman–Crippen MR) is 110 cm³/mol. The van der Waals surface area contributed by atoms with Gasteiger partial charge in [0.05, 0.1) is 10.6 Å². The molecule has 0 spiro atoms. The maximum absolute atomic E-state index is 12.5. The zero-order valence-electron chi connectivity index (χ0n) is 15.4. The molecular weight excluding hydrogens is 374 g/mol. The fourth-order valence-corrected chi connectivity index (χ4v) is 4.24. The van der Waals surface area contributed by atoms with Crippen LogP contribution in [0.15, 0.2) is 41.8 Å². The second-order valence-corrected chi connectivity index (χ2v) is 7.80. The Bertz CT molecular complexity index is 1070. The molecule has 0 saturated heterocycles. The van der Waals surface area contributed by atoms with Crippen molar-refractivity contribution in [2.24, 2.45) is 0 Å². The van der Waals surface area contributed by atoms with Gasteiger partial charge in [0, 0.05) is 28.1 Å². The van der Waals surface area contributed by atoms with E-state index >= 15 is 0 Å². The Hall–Kier alpha value is -3.06. The van der Waals surface area contributed by atoms with Gasteiger partial charge in [0.15, 0.2) is 5.13 Å². The first-order valence-electron chi connectivity index (χ1n) is 9.15. The normalized spacial score (nSPS) is 13.0. The summed E-state index contributed by atoms with van der Waals surface area (Å²) < 4.78 is 0. The number of amides is 1. The number of hydrogen-bond acceptors (Lipinski definition) is 5. The number of thiazole rings is 1. The van der Waals surface area contributed by atoms with Gasteiger partial charge in [0.25, 0.3) is 11.6 Å². The molecule has 1 aliphatic rings. The molecule has 7 heteroatoms. The van der Waals surface area contributed by atoms with Crippen molar-refractivity contribution < 1.29 is 9.72 Å². The van der Waals surface area contributed by atoms with Crippen molar-refractivity contribution in [1.82, 2.24) is 4.98 Å². The van der Waals surface area contributed by atoms with E-state index in [0.29, 0.717) is 16.3 Å². The second kappa shape index (κ2) is 7.52. The van der Waals surface area contributed by atoms with E-state index in [1.165, 1.54) is 53.5 Å². The van der Waals surface area contributed by atoms with E-state index in [0.717, 1.165) is 24.1 Å². The van der Waals surface area contributed by atoms with Gasteiger partial charge in [-0.2, -0.15) is 0 Å². The molecule has 0 unspecified atom stereocenters. The number of nitro benzene ring substituents is 1. The highest BCUT2D eigenvalue weighted by molar-refractivity contribution is 7.14. The number of aryl methyl sites for hydroxylation is 3. The zero-order chi connectivity index (χ0) is 19.7. The molecule has 3 aromatic rings. The van der Waals surface area contributed by atoms with Crippen LogP contribution >= 0.6 is 11.3 Å². The Balaban J connectivity index is 1.51. The van der Waals surface area contributed by atoms with E-state index in [2.05, 4.69) is 28.5 Å². The molecular formula is C21H19N3O3S. The number of nitrogens with zero attached hydrogens (tertiary/aromatic N) is 2. The minimum atomic E-state index is -0.456. The number of hydrogen-bond donors (Lipinski definition) is 1. The lowest BCUT2D eigenvalue weighted by molar-refractivity contribution is -0.385. The van der Waals surface area contributed by atoms with Crippen molar-refractivity contribution in [3.05, 3.63) is 74.1 Å². The van der Waals surface area contributed by atoms with Gasteiger partial charge in [-0.1, -0.05) is 12.1 Å². The third kappa shape index (κ3) is 3.66. The molecule has 142 valence electrons. The molecule has 1 heterocycles. The van der Waals surface area contributed by atoms with Crippen molar-refractivity contribution in [2.45, 2.75) is 32.6 Å². The molecule has 0 aliphatic heterocycles. The summed E-state index contributed by atoms with van der Waals surface area (Å²) in [6, 6.07) is 10.8. The van der Waals surface area contributed by atoms with Crippen molar-refractivity contribution >= 4 is 28.1 Å². The van der Waals surface area contributed by atoms with E-state index in [1.54, 1.807) is 6.92 Å². The van der Waals surface area contributed by atoms with Crippen LogP contribution < -0.4 is 5.32 Å². The summed E-state index contributed by atoms with van der Waals surface area (Å²) in [5, 5.41) is 16.1. The van der Waals surface area contributed by atoms with Crippen LogP contribution in [0.2, 0.25) is 0 Å². The van der Waals surface area contributed by atoms with Gasteiger partial charge in [0.2, 0.25) is 0 Å². The third-order valence-corrected chi connectivity index (χ3v) is 5.78. The lowest BCUT2D eigenvalue weighted by Gasteiger charge is -2.16. The number of nitrogens with one attached hydrogen (secondary N) is 1. The summed E-state index contributed by atoms with van der Waals surface area (Å²) in [6.45, 7) is 1.62. The topological polar surface area (TPSA) is 85.1 Å². The highest BCUT2D eigenvalue weighted by Gasteiger charge is 2.16. The van der Waals surface area contributed by atoms with Gasteiger partial charge < -0.3 is 0 Å². The van der Waals surface area contributed by atoms with Crippen LogP contribution in [0.3, 0.4) is 0 Å². The minimum Gasteiger partial charge on any atom is -0.298 e. The first-order chi connectivity index (χ1) is 13.5. The van der Waals surface area contributed by atoms with Gasteiger partial charge in [-0.3, -0.25) is 20.2 Å². The van der Waals surface area contributed by atoms with Gasteiger partial charge >= 0.3 is 0 Å². The summed E-state index contributed by atoms with van der Waals surface area (Å²) in [5.41, 5.74) is 5.54. The fourth-order valence-electron chi connectivity index (χ4n) is 3.53. The van der Waals surface area contributed by atoms with Crippen LogP contribution in [-0.4, -0.2) is 15.8 Å². The molecule has 0 bridgehead atoms. The quantitative estimate of drug-likeness (QED) is 0.490. The number of nitro groups is 1. The number of carbonyl (C=O) groups is 1. The van der Waals surface area contributed by atoms with E-state index < -0.39 is 4.92 Å². The van der Waals surface area contributed by atoms with E-state index in [1.807, 2.05) is 5.38 Å². The Morgan fingerprint density at radius 2 is 1.93 bits per heavy atom. The van der Waals surface area contributed by atoms with E-state index in [4.69, 9.17) is 0 Å². The number of aromatic nitrogens is 1. The maximum atomic E-state index is 12.5. The minimum absolute atomic E-state index is 0.000458. The fraction of sp³-hybridized carbons (Fsp3) is 0.238. The molecule has 2 aromatic carbocycles. The summed E-state index contributed by atoms with van der Waals surface area (Å²) in [7, 11) is 0. The largest absolute Gasteiger partial charge is 0.298 e. The van der Waals surface area contributed by atoms with Crippen LogP contribution in [0.5, 0.6) is 0 Å². The number of rotatable bonds is 4. The van der Waals surface area contributed by atoms with Crippen LogP contribution in [-0.2, 0) is 12.8 Å². The van der Waals surface area contributed by atoms with Gasteiger partial charge in [-0.05, 0) is 61.9 Å². The molecule has 28 heavy (non-hydrogen) atoms. The smallest absolute Gasteiger partial charge is 0.272 e. The Kier molecular flexibility index (Phi) is 4.92. The standard InChI is InChI=1S/C21H19N3O3S/c1-13-10-17(8-9-19(13)24(26)27)20(25)23-21-22-18(12-28-21)16-7-6-14-4-2-3-5-15(14)11-16/h6-12H,2-5H2,1H3,(H,22,23,25). The maximum Gasteiger partial charge on any atom is 0.272 e. The summed E-state index contributed by atoms with van der Waals surface area (Å²) in [6.07, 6.45) is 4.73. The van der Waals surface area contributed by atoms with Gasteiger partial charge in [-0.25, -0.2) is 4.98 Å². The highest BCUT2D eigenvalue weighted by atomic mass is 32.1. The van der Waals surface area contributed by atoms with Crippen molar-refractivity contribution in [2.75, 3.05) is 5.32 Å². The highest BCUT2D eigenvalue weighted by Crippen LogP contribution is 2.30. The predicted octanol–water partition coefficient (Wildman–Crippen LogP) is 5.16. The lowest BCUT2D eigenvalue weighted by atomic mass is 9.90. The van der Waals surface area contributed by atoms with Crippen molar-refractivity contribution in [3.63, 3.8) is 0 Å². The second-order valence-electron chi connectivity index (χ2n) is 6.94. The average molecular weight is 393 g/mol. The molecule has 6 nitrogen and oxygen atoms in total. The van der Waals surface area contributed by atoms with E-state index in [9.17, 15) is 14.9 Å². The Morgan fingerprint density at radius 3 is 2.68 bits per heavy atom. The average Bonchev–Trinajstić information content (AvgIpc) is 3.15. The molecule has 0 atom stereocenters. The monoisotopic (exact) mass is 393 g/mol. The van der Waals surface area contributed by atoms with Gasteiger partial charge in [-0.15, -0.1) is 11.3 Å². The van der Waals surface area contributed by atoms with Crippen LogP contribution in [0, 0.1) is 17.0 Å². The molecule has 1 amide bonds. The molecule has 1 aromatic heterocycles. The van der Waals surface area contributed by atoms with Crippen LogP contribution in [0.25, 0.3) is 11.3 Å². The molecule has 0 saturated carbocycles. The lowest BCUT2D eigenvalue weighted by Crippen LogP contribution is -2.12. The van der Waals surface area contributed by atoms with Crippen molar-refractivity contribution in [1.29, 1.82) is 0 Å². The van der Waals surface area contributed by atoms with Crippen LogP contribution in [0.4, 0.5) is 10.8 Å².